The maximum atomic E-state index is 2.42. The lowest BCUT2D eigenvalue weighted by Gasteiger charge is -2.20. The van der Waals surface area contributed by atoms with Gasteiger partial charge in [-0.15, -0.1) is 0 Å². The SMILES string of the molecule is c1ccc(-c2c(-c3cccc(-c4ccc5ccccc5c4)c3)c3ccccc3c3ccc(-c4cccc5ccccc45)cc23)cc1. The summed E-state index contributed by atoms with van der Waals surface area (Å²) in [6.07, 6.45) is 0. The monoisotopic (exact) mass is 582 g/mol. The van der Waals surface area contributed by atoms with Crippen molar-refractivity contribution >= 4 is 43.1 Å². The summed E-state index contributed by atoms with van der Waals surface area (Å²) < 4.78 is 0. The summed E-state index contributed by atoms with van der Waals surface area (Å²) >= 11 is 0. The molecule has 0 aromatic heterocycles. The van der Waals surface area contributed by atoms with Gasteiger partial charge in [0.2, 0.25) is 0 Å². The molecule has 9 aromatic carbocycles. The molecule has 0 saturated heterocycles. The highest BCUT2D eigenvalue weighted by molar-refractivity contribution is 6.22. The van der Waals surface area contributed by atoms with Crippen LogP contribution in [0.1, 0.15) is 0 Å². The van der Waals surface area contributed by atoms with E-state index in [0.717, 1.165) is 0 Å². The van der Waals surface area contributed by atoms with E-state index < -0.39 is 0 Å². The van der Waals surface area contributed by atoms with Crippen LogP contribution in [0.15, 0.2) is 182 Å². The zero-order valence-corrected chi connectivity index (χ0v) is 25.3. The van der Waals surface area contributed by atoms with E-state index in [2.05, 4.69) is 182 Å². The lowest BCUT2D eigenvalue weighted by Crippen LogP contribution is -1.93. The van der Waals surface area contributed by atoms with E-state index in [0.29, 0.717) is 0 Å². The first kappa shape index (κ1) is 26.4. The van der Waals surface area contributed by atoms with Gasteiger partial charge in [0.25, 0.3) is 0 Å². The summed E-state index contributed by atoms with van der Waals surface area (Å²) in [5, 5.41) is 10.1. The molecule has 0 aliphatic carbocycles. The van der Waals surface area contributed by atoms with Crippen LogP contribution in [-0.4, -0.2) is 0 Å². The molecule has 0 N–H and O–H groups in total. The van der Waals surface area contributed by atoms with E-state index in [-0.39, 0.29) is 0 Å². The molecule has 214 valence electrons. The minimum Gasteiger partial charge on any atom is -0.0622 e. The van der Waals surface area contributed by atoms with Crippen molar-refractivity contribution in [2.45, 2.75) is 0 Å². The molecule has 0 amide bonds. The predicted molar refractivity (Wildman–Crippen MR) is 198 cm³/mol. The fourth-order valence-electron chi connectivity index (χ4n) is 7.26. The number of hydrogen-bond donors (Lipinski definition) is 0. The summed E-state index contributed by atoms with van der Waals surface area (Å²) in [7, 11) is 0. The molecule has 0 fully saturated rings. The van der Waals surface area contributed by atoms with E-state index >= 15 is 0 Å². The molecule has 46 heavy (non-hydrogen) atoms. The third kappa shape index (κ3) is 4.38. The van der Waals surface area contributed by atoms with Gasteiger partial charge in [-0.3, -0.25) is 0 Å². The second-order valence-corrected chi connectivity index (χ2v) is 12.1. The molecule has 0 unspecified atom stereocenters. The van der Waals surface area contributed by atoms with Crippen molar-refractivity contribution in [1.82, 2.24) is 0 Å². The van der Waals surface area contributed by atoms with Crippen LogP contribution in [0.25, 0.3) is 87.6 Å². The van der Waals surface area contributed by atoms with E-state index in [1.165, 1.54) is 87.6 Å². The largest absolute Gasteiger partial charge is 0.0622 e. The third-order valence-corrected chi connectivity index (χ3v) is 9.42. The zero-order chi connectivity index (χ0) is 30.5. The Balaban J connectivity index is 1.35. The first-order valence-corrected chi connectivity index (χ1v) is 15.9. The summed E-state index contributed by atoms with van der Waals surface area (Å²) in [4.78, 5) is 0. The van der Waals surface area contributed by atoms with Crippen LogP contribution in [0, 0.1) is 0 Å². The van der Waals surface area contributed by atoms with Gasteiger partial charge in [-0.2, -0.15) is 0 Å². The Morgan fingerprint density at radius 3 is 1.65 bits per heavy atom. The Morgan fingerprint density at radius 1 is 0.217 bits per heavy atom. The van der Waals surface area contributed by atoms with E-state index in [1.807, 2.05) is 0 Å². The van der Waals surface area contributed by atoms with Crippen LogP contribution in [0.5, 0.6) is 0 Å². The van der Waals surface area contributed by atoms with Crippen molar-refractivity contribution in [3.63, 3.8) is 0 Å². The highest BCUT2D eigenvalue weighted by Gasteiger charge is 2.19. The average Bonchev–Trinajstić information content (AvgIpc) is 3.14. The van der Waals surface area contributed by atoms with Gasteiger partial charge in [-0.25, -0.2) is 0 Å². The quantitative estimate of drug-likeness (QED) is 0.181. The van der Waals surface area contributed by atoms with Crippen molar-refractivity contribution in [3.8, 4) is 44.5 Å². The van der Waals surface area contributed by atoms with Gasteiger partial charge >= 0.3 is 0 Å². The Hall–Kier alpha value is -5.98. The van der Waals surface area contributed by atoms with Gasteiger partial charge in [-0.1, -0.05) is 164 Å². The van der Waals surface area contributed by atoms with E-state index in [9.17, 15) is 0 Å². The zero-order valence-electron chi connectivity index (χ0n) is 25.3. The van der Waals surface area contributed by atoms with Gasteiger partial charge in [0.1, 0.15) is 0 Å². The van der Waals surface area contributed by atoms with E-state index in [1.54, 1.807) is 0 Å². The van der Waals surface area contributed by atoms with Crippen molar-refractivity contribution in [2.24, 2.45) is 0 Å². The molecule has 0 radical (unpaired) electrons. The smallest absolute Gasteiger partial charge is 0.00201 e. The Morgan fingerprint density at radius 2 is 0.783 bits per heavy atom. The Kier molecular flexibility index (Phi) is 6.25. The number of fused-ring (bicyclic) bond motifs is 5. The molecule has 0 heterocycles. The normalized spacial score (nSPS) is 11.5. The van der Waals surface area contributed by atoms with Crippen LogP contribution in [0.2, 0.25) is 0 Å². The predicted octanol–water partition coefficient (Wildman–Crippen LogP) is 13.0. The first-order chi connectivity index (χ1) is 22.8. The number of hydrogen-bond acceptors (Lipinski definition) is 0. The van der Waals surface area contributed by atoms with Gasteiger partial charge in [0.15, 0.2) is 0 Å². The van der Waals surface area contributed by atoms with Crippen LogP contribution in [0.4, 0.5) is 0 Å². The van der Waals surface area contributed by atoms with Gasteiger partial charge in [-0.05, 0) is 106 Å². The number of benzene rings is 9. The fourth-order valence-corrected chi connectivity index (χ4v) is 7.26. The van der Waals surface area contributed by atoms with Gasteiger partial charge in [0.05, 0.1) is 0 Å². The molecule has 0 aliphatic rings. The standard InChI is InChI=1S/C46H30/c1-2-14-33(15-3-1)45-44-30-37(40-23-11-17-32-13-6-7-20-39(32)40)26-27-42(44)41-21-8-9-22-43(41)46(45)38-19-10-18-35(29-38)36-25-24-31-12-4-5-16-34(31)28-36/h1-30H. The van der Waals surface area contributed by atoms with Crippen LogP contribution < -0.4 is 0 Å². The number of rotatable bonds is 4. The molecule has 9 rings (SSSR count). The third-order valence-electron chi connectivity index (χ3n) is 9.42. The maximum absolute atomic E-state index is 2.42. The summed E-state index contributed by atoms with van der Waals surface area (Å²) in [5.74, 6) is 0. The minimum absolute atomic E-state index is 1.22. The van der Waals surface area contributed by atoms with Crippen LogP contribution >= 0.6 is 0 Å². The molecule has 9 aromatic rings. The lowest BCUT2D eigenvalue weighted by molar-refractivity contribution is 1.61. The van der Waals surface area contributed by atoms with Crippen molar-refractivity contribution < 1.29 is 0 Å². The molecule has 0 aliphatic heterocycles. The Bertz CT molecular complexity index is 2570. The molecule has 0 heteroatoms. The molecule has 0 saturated carbocycles. The molecule has 0 spiro atoms. The Labute approximate surface area is 268 Å². The molecular formula is C46H30. The van der Waals surface area contributed by atoms with Crippen molar-refractivity contribution in [3.05, 3.63) is 182 Å². The van der Waals surface area contributed by atoms with E-state index in [4.69, 9.17) is 0 Å². The molecule has 0 nitrogen and oxygen atoms in total. The van der Waals surface area contributed by atoms with Crippen molar-refractivity contribution in [1.29, 1.82) is 0 Å². The maximum Gasteiger partial charge on any atom is -0.00201 e. The van der Waals surface area contributed by atoms with Gasteiger partial charge < -0.3 is 0 Å². The minimum atomic E-state index is 1.22. The molecule has 0 atom stereocenters. The first-order valence-electron chi connectivity index (χ1n) is 15.9. The lowest BCUT2D eigenvalue weighted by atomic mass is 9.83. The molecular weight excluding hydrogens is 553 g/mol. The molecule has 0 bridgehead atoms. The fraction of sp³-hybridized carbons (Fsp3) is 0. The topological polar surface area (TPSA) is 0 Å². The second-order valence-electron chi connectivity index (χ2n) is 12.1. The highest BCUT2D eigenvalue weighted by atomic mass is 14.2. The summed E-state index contributed by atoms with van der Waals surface area (Å²) in [6, 6.07) is 66.6. The average molecular weight is 583 g/mol. The van der Waals surface area contributed by atoms with Crippen molar-refractivity contribution in [2.75, 3.05) is 0 Å². The second kappa shape index (κ2) is 10.9. The highest BCUT2D eigenvalue weighted by Crippen LogP contribution is 2.46. The van der Waals surface area contributed by atoms with Gasteiger partial charge in [0, 0.05) is 0 Å². The summed E-state index contributed by atoms with van der Waals surface area (Å²) in [6.45, 7) is 0. The van der Waals surface area contributed by atoms with Crippen LogP contribution in [-0.2, 0) is 0 Å². The summed E-state index contributed by atoms with van der Waals surface area (Å²) in [5.41, 5.74) is 9.91. The van der Waals surface area contributed by atoms with Crippen LogP contribution in [0.3, 0.4) is 0 Å².